The number of sulfonamides is 1. The van der Waals surface area contributed by atoms with E-state index in [0.717, 1.165) is 38.9 Å². The predicted octanol–water partition coefficient (Wildman–Crippen LogP) is 4.53. The van der Waals surface area contributed by atoms with E-state index in [1.807, 2.05) is 36.4 Å². The number of benzene rings is 3. The molecule has 4 nitrogen and oxygen atoms in total. The van der Waals surface area contributed by atoms with Crippen molar-refractivity contribution in [2.45, 2.75) is 4.90 Å². The van der Waals surface area contributed by atoms with Gasteiger partial charge in [0.05, 0.1) is 10.2 Å². The minimum Gasteiger partial charge on any atom is -0.255 e. The van der Waals surface area contributed by atoms with Crippen LogP contribution in [0.15, 0.2) is 59.5 Å². The van der Waals surface area contributed by atoms with E-state index in [4.69, 9.17) is 0 Å². The first-order valence-corrected chi connectivity index (χ1v) is 9.50. The number of aromatic nitrogens is 1. The zero-order valence-electron chi connectivity index (χ0n) is 12.5. The molecule has 0 radical (unpaired) electrons. The van der Waals surface area contributed by atoms with Gasteiger partial charge in [-0.05, 0) is 29.7 Å². The molecule has 0 aliphatic heterocycles. The molecule has 4 rings (SSSR count). The summed E-state index contributed by atoms with van der Waals surface area (Å²) in [6, 6.07) is 13.6. The van der Waals surface area contributed by atoms with Gasteiger partial charge in [0.25, 0.3) is 10.0 Å². The molecule has 0 aliphatic rings. The monoisotopic (exact) mass is 376 g/mol. The van der Waals surface area contributed by atoms with Crippen molar-refractivity contribution < 1.29 is 17.2 Å². The number of halogens is 2. The minimum atomic E-state index is -4.28. The third-order valence-electron chi connectivity index (χ3n) is 3.69. The highest BCUT2D eigenvalue weighted by Gasteiger charge is 2.22. The zero-order valence-corrected chi connectivity index (χ0v) is 14.2. The Morgan fingerprint density at radius 1 is 1.00 bits per heavy atom. The summed E-state index contributed by atoms with van der Waals surface area (Å²) in [4.78, 5) is 3.56. The number of fused-ring (bicyclic) bond motifs is 3. The van der Waals surface area contributed by atoms with Gasteiger partial charge < -0.3 is 0 Å². The molecule has 0 saturated carbocycles. The Hall–Kier alpha value is -2.58. The third-order valence-corrected chi connectivity index (χ3v) is 6.11. The first-order valence-electron chi connectivity index (χ1n) is 7.20. The van der Waals surface area contributed by atoms with Gasteiger partial charge in [0.15, 0.2) is 5.13 Å². The molecule has 0 atom stereocenters. The number of thiazole rings is 1. The van der Waals surface area contributed by atoms with Crippen molar-refractivity contribution in [2.24, 2.45) is 0 Å². The number of hydrogen-bond donors (Lipinski definition) is 1. The molecule has 1 N–H and O–H groups in total. The molecule has 0 saturated heterocycles. The zero-order chi connectivity index (χ0) is 17.6. The maximum absolute atomic E-state index is 13.8. The molecular formula is C17H10F2N2O2S2. The normalized spacial score (nSPS) is 11.9. The first kappa shape index (κ1) is 15.9. The fourth-order valence-electron chi connectivity index (χ4n) is 2.56. The number of rotatable bonds is 3. The third kappa shape index (κ3) is 2.83. The van der Waals surface area contributed by atoms with Crippen LogP contribution in [0.3, 0.4) is 0 Å². The van der Waals surface area contributed by atoms with Crippen LogP contribution in [0.25, 0.3) is 21.0 Å². The van der Waals surface area contributed by atoms with Gasteiger partial charge in [0.2, 0.25) is 0 Å². The lowest BCUT2D eigenvalue weighted by molar-refractivity contribution is 0.555. The van der Waals surface area contributed by atoms with Crippen molar-refractivity contribution >= 4 is 47.5 Å². The fraction of sp³-hybridized carbons (Fsp3) is 0. The second-order valence-corrected chi connectivity index (χ2v) is 8.01. The van der Waals surface area contributed by atoms with Crippen LogP contribution >= 0.6 is 11.3 Å². The molecule has 0 bridgehead atoms. The lowest BCUT2D eigenvalue weighted by atomic mass is 10.1. The van der Waals surface area contributed by atoms with Crippen molar-refractivity contribution in [1.29, 1.82) is 0 Å². The highest BCUT2D eigenvalue weighted by atomic mass is 32.2. The van der Waals surface area contributed by atoms with Crippen molar-refractivity contribution in [3.8, 4) is 0 Å². The lowest BCUT2D eigenvalue weighted by Gasteiger charge is -2.06. The van der Waals surface area contributed by atoms with Crippen molar-refractivity contribution in [3.63, 3.8) is 0 Å². The summed E-state index contributed by atoms with van der Waals surface area (Å²) in [6.07, 6.45) is 0. The molecule has 0 unspecified atom stereocenters. The van der Waals surface area contributed by atoms with Crippen LogP contribution in [0.4, 0.5) is 13.9 Å². The Morgan fingerprint density at radius 3 is 2.64 bits per heavy atom. The largest absolute Gasteiger partial charge is 0.266 e. The molecule has 126 valence electrons. The summed E-state index contributed by atoms with van der Waals surface area (Å²) in [5.74, 6) is -1.86. The maximum atomic E-state index is 13.8. The molecule has 4 aromatic rings. The lowest BCUT2D eigenvalue weighted by Crippen LogP contribution is -2.14. The summed E-state index contributed by atoms with van der Waals surface area (Å²) >= 11 is 1.13. The van der Waals surface area contributed by atoms with E-state index in [2.05, 4.69) is 9.71 Å². The summed E-state index contributed by atoms with van der Waals surface area (Å²) in [5, 5.41) is 1.96. The van der Waals surface area contributed by atoms with Crippen molar-refractivity contribution in [2.75, 3.05) is 4.72 Å². The molecule has 0 aliphatic carbocycles. The quantitative estimate of drug-likeness (QED) is 0.572. The second kappa shape index (κ2) is 5.75. The fourth-order valence-corrected chi connectivity index (χ4v) is 4.77. The highest BCUT2D eigenvalue weighted by molar-refractivity contribution is 7.93. The van der Waals surface area contributed by atoms with Crippen LogP contribution < -0.4 is 4.72 Å². The number of nitrogens with one attached hydrogen (secondary N) is 1. The van der Waals surface area contributed by atoms with E-state index in [-0.39, 0.29) is 5.13 Å². The Balaban J connectivity index is 1.80. The molecule has 0 fully saturated rings. The number of anilines is 1. The molecular weight excluding hydrogens is 366 g/mol. The standard InChI is InChI=1S/C17H10F2N2O2S2/c18-11-6-7-13(19)15(9-11)25(22,23)21-17-20-16-12-4-2-1-3-10(12)5-8-14(16)24-17/h1-9H,(H,20,21). The number of hydrogen-bond acceptors (Lipinski definition) is 4. The van der Waals surface area contributed by atoms with Gasteiger partial charge in [0.1, 0.15) is 16.5 Å². The predicted molar refractivity (Wildman–Crippen MR) is 94.3 cm³/mol. The van der Waals surface area contributed by atoms with Crippen LogP contribution in [-0.4, -0.2) is 13.4 Å². The average molecular weight is 376 g/mol. The maximum Gasteiger partial charge on any atom is 0.266 e. The van der Waals surface area contributed by atoms with Crippen LogP contribution in [0.2, 0.25) is 0 Å². The summed E-state index contributed by atoms with van der Waals surface area (Å²) in [7, 11) is -4.28. The second-order valence-electron chi connectivity index (χ2n) is 5.33. The first-order chi connectivity index (χ1) is 11.9. The van der Waals surface area contributed by atoms with Gasteiger partial charge >= 0.3 is 0 Å². The van der Waals surface area contributed by atoms with Gasteiger partial charge in [-0.3, -0.25) is 4.72 Å². The molecule has 0 spiro atoms. The van der Waals surface area contributed by atoms with E-state index >= 15 is 0 Å². The summed E-state index contributed by atoms with van der Waals surface area (Å²) in [6.45, 7) is 0. The van der Waals surface area contributed by atoms with Crippen molar-refractivity contribution in [3.05, 3.63) is 66.2 Å². The summed E-state index contributed by atoms with van der Waals surface area (Å²) < 4.78 is 54.8. The molecule has 1 aromatic heterocycles. The van der Waals surface area contributed by atoms with Crippen LogP contribution in [0.1, 0.15) is 0 Å². The topological polar surface area (TPSA) is 59.1 Å². The van der Waals surface area contributed by atoms with Crippen LogP contribution in [0.5, 0.6) is 0 Å². The van der Waals surface area contributed by atoms with E-state index < -0.39 is 26.6 Å². The van der Waals surface area contributed by atoms with Crippen molar-refractivity contribution in [1.82, 2.24) is 4.98 Å². The van der Waals surface area contributed by atoms with E-state index in [9.17, 15) is 17.2 Å². The molecule has 0 amide bonds. The van der Waals surface area contributed by atoms with E-state index in [1.165, 1.54) is 0 Å². The Morgan fingerprint density at radius 2 is 1.80 bits per heavy atom. The molecule has 25 heavy (non-hydrogen) atoms. The van der Waals surface area contributed by atoms with Crippen LogP contribution in [0, 0.1) is 11.6 Å². The van der Waals surface area contributed by atoms with E-state index in [1.54, 1.807) is 0 Å². The van der Waals surface area contributed by atoms with Crippen LogP contribution in [-0.2, 0) is 10.0 Å². The molecule has 1 heterocycles. The Kier molecular flexibility index (Phi) is 3.66. The van der Waals surface area contributed by atoms with Gasteiger partial charge in [-0.1, -0.05) is 41.7 Å². The molecule has 3 aromatic carbocycles. The van der Waals surface area contributed by atoms with Gasteiger partial charge in [-0.2, -0.15) is 0 Å². The molecule has 8 heteroatoms. The average Bonchev–Trinajstić information content (AvgIpc) is 2.99. The smallest absolute Gasteiger partial charge is 0.255 e. The summed E-state index contributed by atoms with van der Waals surface area (Å²) in [5.41, 5.74) is 0.653. The SMILES string of the molecule is O=S(=O)(Nc1nc2c(ccc3ccccc32)s1)c1cc(F)ccc1F. The Bertz CT molecular complexity index is 1220. The highest BCUT2D eigenvalue weighted by Crippen LogP contribution is 2.32. The Labute approximate surface area is 145 Å². The van der Waals surface area contributed by atoms with E-state index in [0.29, 0.717) is 11.6 Å². The van der Waals surface area contributed by atoms with Gasteiger partial charge in [-0.15, -0.1) is 0 Å². The van der Waals surface area contributed by atoms with Gasteiger partial charge in [0, 0.05) is 5.39 Å². The minimum absolute atomic E-state index is 0.0926. The van der Waals surface area contributed by atoms with Gasteiger partial charge in [-0.25, -0.2) is 22.2 Å². The number of nitrogens with zero attached hydrogens (tertiary/aromatic N) is 1.